The molecule has 0 saturated heterocycles. The Morgan fingerprint density at radius 1 is 0.620 bits per heavy atom. The molecular weight excluding hydrogens is 1780 g/mol. The number of allylic oxidation sites excluding steroid dienone is 1. The average Bonchev–Trinajstić information content (AvgIpc) is 1.63. The standard InChI is InChI=1S/C16H19ClN2O2.C15H16BrClN2O.C14H14BrClN2O.C14H21NO4.C13H15NO2.C12H15NO.C7H5Cl2NO2/c1-4-19-10(2)13(9-14(19)16(21)18-3)15(20)11-5-7-12(17)8-6-11;1-3-8-19-13(9-10(2)14(19)16)15(20)18-12-6-4-11(17)5-7-12;1-3-18-9(2)12(15)8-13(18)14(19)17-11-6-4-10(16)5-7-11;1-6-8(2)15-9(3)11(7-12(16)17)13(10(15)4)14(18)19-5;1-4-16-13(15)12-9(2)10-7-5-6-8-11(10)14(12)3;1-8-9(2)13(3)12-6-5-10(14-4)7-11(8)12;1-10-5(3-12)6(8)4(2-11)7(10)9/h5-8,14H,4,9H2,1-3H3,(H,18,21);4-7,9H,3,8H2,1-2H3,(H,18,20);4-8H,3H2,1-2H3,(H,17,19);8H,6-7H2,1-5H3,(H,16,17);5-8H,4H2,1-3H3;5-7H,1-4H3;2-3H,1H3. The van der Waals surface area contributed by atoms with Crippen molar-refractivity contribution in [3.63, 3.8) is 0 Å². The molecule has 0 fully saturated rings. The zero-order valence-corrected chi connectivity index (χ0v) is 78.7. The van der Waals surface area contributed by atoms with E-state index in [1.807, 2.05) is 142 Å². The molecule has 0 radical (unpaired) electrons. The molecule has 0 aliphatic carbocycles. The molecule has 12 rings (SSSR count). The third-order valence-corrected chi connectivity index (χ3v) is 24.3. The molecule has 1 aliphatic rings. The molecule has 0 spiro atoms. The van der Waals surface area contributed by atoms with E-state index in [1.165, 1.54) is 33.8 Å². The normalized spacial score (nSPS) is 12.1. The first-order valence-corrected chi connectivity index (χ1v) is 42.4. The number of carbonyl (C=O) groups is 9. The fourth-order valence-electron chi connectivity index (χ4n) is 14.0. The van der Waals surface area contributed by atoms with Gasteiger partial charge in [0.25, 0.3) is 11.8 Å². The Kier molecular flexibility index (Phi) is 38.1. The molecule has 5 aromatic carbocycles. The number of aliphatic carboxylic acids is 1. The van der Waals surface area contributed by atoms with Crippen LogP contribution in [0.4, 0.5) is 11.4 Å². The maximum absolute atomic E-state index is 12.6. The average molecular weight is 1880 g/mol. The molecule has 0 saturated carbocycles. The van der Waals surface area contributed by atoms with E-state index in [4.69, 9.17) is 77.3 Å². The highest BCUT2D eigenvalue weighted by Gasteiger charge is 2.36. The van der Waals surface area contributed by atoms with Crippen molar-refractivity contribution >= 4 is 177 Å². The number of carbonyl (C=O) groups excluding carboxylic acids is 8. The van der Waals surface area contributed by atoms with E-state index in [0.717, 1.165) is 96.9 Å². The second kappa shape index (κ2) is 46.2. The van der Waals surface area contributed by atoms with Gasteiger partial charge in [-0.05, 0) is 259 Å². The van der Waals surface area contributed by atoms with Crippen LogP contribution in [0.2, 0.25) is 25.2 Å². The van der Waals surface area contributed by atoms with Gasteiger partial charge < -0.3 is 67.6 Å². The van der Waals surface area contributed by atoms with E-state index in [9.17, 15) is 43.2 Å². The molecule has 646 valence electrons. The van der Waals surface area contributed by atoms with Crippen molar-refractivity contribution in [2.75, 3.05) is 45.1 Å². The summed E-state index contributed by atoms with van der Waals surface area (Å²) >= 11 is 35.8. The number of likely N-dealkylation sites (N-methyl/N-ethyl adjacent to an activating group) is 2. The van der Waals surface area contributed by atoms with E-state index in [2.05, 4.69) is 99.3 Å². The third kappa shape index (κ3) is 24.2. The van der Waals surface area contributed by atoms with Gasteiger partial charge in [0.1, 0.15) is 39.7 Å². The highest BCUT2D eigenvalue weighted by atomic mass is 79.9. The number of methoxy groups -OCH3 is 2. The second-order valence-corrected chi connectivity index (χ2v) is 31.8. The zero-order valence-electron chi connectivity index (χ0n) is 71.7. The summed E-state index contributed by atoms with van der Waals surface area (Å²) in [5.74, 6) is -1.09. The number of ether oxygens (including phenoxy) is 3. The minimum atomic E-state index is -0.949. The van der Waals surface area contributed by atoms with Gasteiger partial charge in [-0.15, -0.1) is 0 Å². The Labute approximate surface area is 748 Å². The van der Waals surface area contributed by atoms with Gasteiger partial charge in [-0.3, -0.25) is 33.6 Å². The number of rotatable bonds is 21. The van der Waals surface area contributed by atoms with Gasteiger partial charge in [-0.2, -0.15) is 0 Å². The number of nitrogens with one attached hydrogen (secondary N) is 3. The number of aryl methyl sites for hydroxylation is 5. The Morgan fingerprint density at radius 3 is 1.64 bits per heavy atom. The summed E-state index contributed by atoms with van der Waals surface area (Å²) in [7, 11) is 10.2. The van der Waals surface area contributed by atoms with Crippen LogP contribution in [-0.2, 0) is 59.7 Å². The van der Waals surface area contributed by atoms with Crippen LogP contribution in [0.15, 0.2) is 148 Å². The number of halogens is 7. The van der Waals surface area contributed by atoms with E-state index < -0.39 is 11.9 Å². The van der Waals surface area contributed by atoms with Crippen molar-refractivity contribution in [2.24, 2.45) is 21.1 Å². The molecule has 3 amide bonds. The monoisotopic (exact) mass is 1880 g/mol. The van der Waals surface area contributed by atoms with Crippen LogP contribution >= 0.6 is 89.9 Å². The third-order valence-electron chi connectivity index (χ3n) is 20.8. The van der Waals surface area contributed by atoms with Gasteiger partial charge in [-0.1, -0.05) is 90.1 Å². The number of hydrogen-bond donors (Lipinski definition) is 4. The minimum Gasteiger partial charge on any atom is -0.497 e. The fourth-order valence-corrected chi connectivity index (χ4v) is 15.9. The summed E-state index contributed by atoms with van der Waals surface area (Å²) in [6.07, 6.45) is 3.23. The molecule has 121 heavy (non-hydrogen) atoms. The summed E-state index contributed by atoms with van der Waals surface area (Å²) in [4.78, 5) is 107. The van der Waals surface area contributed by atoms with Crippen molar-refractivity contribution in [1.82, 2.24) is 37.6 Å². The quantitative estimate of drug-likeness (QED) is 0.0296. The number of ketones is 1. The number of aromatic nitrogens is 6. The first-order valence-electron chi connectivity index (χ1n) is 38.9. The summed E-state index contributed by atoms with van der Waals surface area (Å²) in [5, 5.41) is 22.0. The lowest BCUT2D eigenvalue weighted by molar-refractivity contribution is -0.136. The number of esters is 2. The van der Waals surface area contributed by atoms with Gasteiger partial charge >= 0.3 is 17.9 Å². The molecule has 2 unspecified atom stereocenters. The zero-order chi connectivity index (χ0) is 90.3. The number of carboxylic acids is 1. The lowest BCUT2D eigenvalue weighted by Gasteiger charge is -2.25. The van der Waals surface area contributed by atoms with E-state index in [1.54, 1.807) is 94.0 Å². The van der Waals surface area contributed by atoms with Crippen LogP contribution < -0.4 is 20.7 Å². The first-order chi connectivity index (χ1) is 57.3. The molecule has 1 aliphatic heterocycles. The van der Waals surface area contributed by atoms with E-state index in [0.29, 0.717) is 86.6 Å². The largest absolute Gasteiger partial charge is 0.497 e. The maximum atomic E-state index is 12.6. The van der Waals surface area contributed by atoms with Crippen LogP contribution in [-0.4, -0.2) is 132 Å². The van der Waals surface area contributed by atoms with Crippen molar-refractivity contribution < 1.29 is 62.5 Å². The second-order valence-electron chi connectivity index (χ2n) is 28.1. The SMILES string of the molecule is CCC(C)n1c(C)c(CC(=O)O)c(C(=O)OC)c1C.CCCn1c(C(=O)Nc2ccc(Cl)cc2)cc(C)c1Br.CCN1C(C)=C(C(=O)c2ccc(Cl)cc2)CC1C(=O)NC.CCOC(=O)c1c(C)c2ccccc2n1C.CCn1c(C(=O)Nc2ccc(Cl)cc2)cc(Br)c1C.COc1ccc2c(c1)c(C)c(C)n2C.Cn1c(Cl)c(C=O)c(Cl)c1C=O. The molecule has 6 aromatic heterocycles. The Bertz CT molecular complexity index is 5530. The van der Waals surface area contributed by atoms with E-state index >= 15 is 0 Å². The van der Waals surface area contributed by atoms with Crippen molar-refractivity contribution in [3.8, 4) is 5.75 Å². The predicted octanol–water partition coefficient (Wildman–Crippen LogP) is 21.9. The summed E-state index contributed by atoms with van der Waals surface area (Å²) in [5.41, 5.74) is 16.6. The number of nitrogens with zero attached hydrogens (tertiary/aromatic N) is 7. The highest BCUT2D eigenvalue weighted by Crippen LogP contribution is 2.35. The predicted molar refractivity (Wildman–Crippen MR) is 492 cm³/mol. The number of amides is 3. The van der Waals surface area contributed by atoms with Crippen LogP contribution in [0.25, 0.3) is 21.8 Å². The van der Waals surface area contributed by atoms with Crippen molar-refractivity contribution in [3.05, 3.63) is 257 Å². The lowest BCUT2D eigenvalue weighted by Crippen LogP contribution is -2.41. The number of aldehydes is 2. The van der Waals surface area contributed by atoms with Gasteiger partial charge in [-0.25, -0.2) is 9.59 Å². The first kappa shape index (κ1) is 99.7. The van der Waals surface area contributed by atoms with Gasteiger partial charge in [0.2, 0.25) is 5.91 Å². The fraction of sp³-hybridized carbons (Fsp3) is 0.330. The minimum absolute atomic E-state index is 0.0333. The molecule has 2 atom stereocenters. The van der Waals surface area contributed by atoms with Gasteiger partial charge in [0.05, 0.1) is 48.0 Å². The molecule has 30 heteroatoms. The Hall–Kier alpha value is -10.1. The molecule has 4 N–H and O–H groups in total. The van der Waals surface area contributed by atoms with Crippen LogP contribution in [0.5, 0.6) is 5.75 Å². The topological polar surface area (TPSA) is 270 Å². The van der Waals surface area contributed by atoms with Crippen LogP contribution in [0, 0.1) is 48.5 Å². The number of Topliss-reactive ketones (excluding diaryl/α,β-unsaturated/α-hetero) is 1. The number of anilines is 2. The molecule has 23 nitrogen and oxygen atoms in total. The Balaban J connectivity index is 0.000000220. The Morgan fingerprint density at radius 2 is 1.17 bits per heavy atom. The number of benzene rings is 5. The maximum Gasteiger partial charge on any atom is 0.355 e. The molecule has 7 heterocycles. The lowest BCUT2D eigenvalue weighted by atomic mass is 9.99. The number of fused-ring (bicyclic) bond motifs is 2. The van der Waals surface area contributed by atoms with Crippen molar-refractivity contribution in [2.45, 2.75) is 148 Å². The van der Waals surface area contributed by atoms with Crippen LogP contribution in [0.3, 0.4) is 0 Å². The van der Waals surface area contributed by atoms with Gasteiger partial charge in [0.15, 0.2) is 18.4 Å². The molecular formula is C91H105Br2Cl5N10O13. The summed E-state index contributed by atoms with van der Waals surface area (Å²) in [6, 6.07) is 38.8. The number of hydrogen-bond acceptors (Lipinski definition) is 13. The highest BCUT2D eigenvalue weighted by molar-refractivity contribution is 9.10. The summed E-state index contributed by atoms with van der Waals surface area (Å²) in [6.45, 7) is 30.4. The number of para-hydroxylation sites is 1. The molecule has 11 aromatic rings. The summed E-state index contributed by atoms with van der Waals surface area (Å²) < 4.78 is 28.4. The number of carboxylic acid groups (broad SMARTS) is 1. The van der Waals surface area contributed by atoms with E-state index in [-0.39, 0.29) is 69.4 Å². The van der Waals surface area contributed by atoms with Crippen LogP contribution in [0.1, 0.15) is 192 Å². The molecule has 0 bridgehead atoms. The van der Waals surface area contributed by atoms with Gasteiger partial charge in [0, 0.05) is 153 Å². The smallest absolute Gasteiger partial charge is 0.355 e. The van der Waals surface area contributed by atoms with Crippen molar-refractivity contribution in [1.29, 1.82) is 0 Å².